The highest BCUT2D eigenvalue weighted by Crippen LogP contribution is 2.42. The standard InChI is InChI=1S/C19H19F2N9/c1-10-23-8-13-5-4-12(9-29(10)13)16-25-18(22)27-19(26-16)24-15(11-2-3-11)14-6-7-30(28-14)17(20)21/h4-9,11,15,17H,2-3H2,1H3,(H3,22,24,25,26,27)/t15-/m1/s1. The van der Waals surface area contributed by atoms with Crippen molar-refractivity contribution in [1.82, 2.24) is 34.1 Å². The van der Waals surface area contributed by atoms with Crippen LogP contribution in [0.5, 0.6) is 0 Å². The minimum absolute atomic E-state index is 0.0672. The summed E-state index contributed by atoms with van der Waals surface area (Å²) in [5.41, 5.74) is 8.16. The molecular formula is C19H19F2N9. The molecule has 4 aromatic rings. The first-order valence-electron chi connectivity index (χ1n) is 9.53. The number of aromatic nitrogens is 7. The van der Waals surface area contributed by atoms with E-state index in [2.05, 4.69) is 30.4 Å². The molecule has 4 heterocycles. The van der Waals surface area contributed by atoms with E-state index in [4.69, 9.17) is 5.73 Å². The van der Waals surface area contributed by atoms with Crippen molar-refractivity contribution >= 4 is 17.4 Å². The number of halogens is 2. The lowest BCUT2D eigenvalue weighted by Gasteiger charge is -2.16. The van der Waals surface area contributed by atoms with Crippen LogP contribution in [0.25, 0.3) is 16.9 Å². The molecule has 9 nitrogen and oxygen atoms in total. The number of alkyl halides is 2. The summed E-state index contributed by atoms with van der Waals surface area (Å²) in [6.07, 6.45) is 6.89. The normalized spacial score (nSPS) is 15.1. The number of rotatable bonds is 6. The summed E-state index contributed by atoms with van der Waals surface area (Å²) >= 11 is 0. The van der Waals surface area contributed by atoms with E-state index in [-0.39, 0.29) is 23.9 Å². The number of nitrogens with zero attached hydrogens (tertiary/aromatic N) is 7. The van der Waals surface area contributed by atoms with E-state index < -0.39 is 6.55 Å². The first-order chi connectivity index (χ1) is 14.5. The molecule has 1 fully saturated rings. The molecule has 154 valence electrons. The lowest BCUT2D eigenvalue weighted by Crippen LogP contribution is -2.17. The summed E-state index contributed by atoms with van der Waals surface area (Å²) in [4.78, 5) is 17.2. The lowest BCUT2D eigenvalue weighted by molar-refractivity contribution is 0.0560. The van der Waals surface area contributed by atoms with E-state index in [9.17, 15) is 8.78 Å². The van der Waals surface area contributed by atoms with Crippen LogP contribution >= 0.6 is 0 Å². The monoisotopic (exact) mass is 411 g/mol. The number of pyridine rings is 1. The van der Waals surface area contributed by atoms with Crippen molar-refractivity contribution in [2.24, 2.45) is 5.92 Å². The van der Waals surface area contributed by atoms with E-state index in [0.717, 1.165) is 29.7 Å². The molecule has 3 N–H and O–H groups in total. The third-order valence-corrected chi connectivity index (χ3v) is 5.15. The molecule has 1 atom stereocenters. The Morgan fingerprint density at radius 1 is 1.17 bits per heavy atom. The Bertz CT molecular complexity index is 1210. The smallest absolute Gasteiger partial charge is 0.333 e. The van der Waals surface area contributed by atoms with Crippen LogP contribution < -0.4 is 11.1 Å². The van der Waals surface area contributed by atoms with Gasteiger partial charge in [-0.15, -0.1) is 0 Å². The van der Waals surface area contributed by atoms with E-state index in [1.54, 1.807) is 12.3 Å². The van der Waals surface area contributed by atoms with Crippen molar-refractivity contribution in [2.75, 3.05) is 11.1 Å². The highest BCUT2D eigenvalue weighted by atomic mass is 19.3. The van der Waals surface area contributed by atoms with E-state index in [1.165, 1.54) is 6.20 Å². The Morgan fingerprint density at radius 2 is 2.00 bits per heavy atom. The predicted molar refractivity (Wildman–Crippen MR) is 106 cm³/mol. The molecule has 0 aromatic carbocycles. The Kier molecular flexibility index (Phi) is 4.30. The van der Waals surface area contributed by atoms with Crippen LogP contribution in [0.3, 0.4) is 0 Å². The number of anilines is 2. The Labute approximate surface area is 170 Å². The van der Waals surface area contributed by atoms with Gasteiger partial charge in [0.25, 0.3) is 0 Å². The molecule has 0 unspecified atom stereocenters. The second-order valence-electron chi connectivity index (χ2n) is 7.32. The van der Waals surface area contributed by atoms with Crippen LogP contribution in [0.4, 0.5) is 20.7 Å². The highest BCUT2D eigenvalue weighted by Gasteiger charge is 2.35. The summed E-state index contributed by atoms with van der Waals surface area (Å²) in [5.74, 6) is 1.88. The first kappa shape index (κ1) is 18.4. The van der Waals surface area contributed by atoms with E-state index in [1.807, 2.05) is 29.7 Å². The number of hydrogen-bond donors (Lipinski definition) is 2. The fourth-order valence-electron chi connectivity index (χ4n) is 3.47. The van der Waals surface area contributed by atoms with Crippen LogP contribution in [0.1, 0.15) is 37.0 Å². The van der Waals surface area contributed by atoms with Crippen LogP contribution in [0, 0.1) is 12.8 Å². The quantitative estimate of drug-likeness (QED) is 0.501. The van der Waals surface area contributed by atoms with Gasteiger partial charge < -0.3 is 15.5 Å². The Morgan fingerprint density at radius 3 is 2.73 bits per heavy atom. The molecule has 4 aromatic heterocycles. The number of imidazole rings is 1. The molecule has 0 amide bonds. The van der Waals surface area contributed by atoms with Crippen LogP contribution in [0.15, 0.2) is 36.8 Å². The van der Waals surface area contributed by atoms with Crippen molar-refractivity contribution < 1.29 is 8.78 Å². The van der Waals surface area contributed by atoms with Gasteiger partial charge in [0.15, 0.2) is 5.82 Å². The number of aryl methyl sites for hydroxylation is 1. The van der Waals surface area contributed by atoms with Crippen LogP contribution in [0.2, 0.25) is 0 Å². The van der Waals surface area contributed by atoms with E-state index >= 15 is 0 Å². The molecule has 0 spiro atoms. The summed E-state index contributed by atoms with van der Waals surface area (Å²) in [6.45, 7) is -0.774. The number of nitrogen functional groups attached to an aromatic ring is 1. The van der Waals surface area contributed by atoms with Gasteiger partial charge in [-0.3, -0.25) is 0 Å². The molecule has 0 bridgehead atoms. The molecule has 5 rings (SSSR count). The fraction of sp³-hybridized carbons (Fsp3) is 0.316. The number of nitrogens with two attached hydrogens (primary N) is 1. The highest BCUT2D eigenvalue weighted by molar-refractivity contribution is 5.61. The minimum Gasteiger partial charge on any atom is -0.368 e. The van der Waals surface area contributed by atoms with Gasteiger partial charge in [-0.1, -0.05) is 0 Å². The molecule has 1 saturated carbocycles. The van der Waals surface area contributed by atoms with Gasteiger partial charge in [-0.25, -0.2) is 9.67 Å². The largest absolute Gasteiger partial charge is 0.368 e. The van der Waals surface area contributed by atoms with E-state index in [0.29, 0.717) is 16.2 Å². The Balaban J connectivity index is 1.47. The maximum Gasteiger partial charge on any atom is 0.333 e. The molecule has 1 aliphatic carbocycles. The summed E-state index contributed by atoms with van der Waals surface area (Å²) in [5, 5.41) is 7.22. The van der Waals surface area contributed by atoms with Crippen molar-refractivity contribution in [2.45, 2.75) is 32.4 Å². The Hall–Kier alpha value is -3.63. The molecule has 0 aliphatic heterocycles. The van der Waals surface area contributed by atoms with Gasteiger partial charge >= 0.3 is 6.55 Å². The molecule has 0 saturated heterocycles. The van der Waals surface area contributed by atoms with Crippen LogP contribution in [-0.2, 0) is 0 Å². The summed E-state index contributed by atoms with van der Waals surface area (Å²) < 4.78 is 28.4. The van der Waals surface area contributed by atoms with Crippen molar-refractivity contribution in [1.29, 1.82) is 0 Å². The molecule has 1 aliphatic rings. The van der Waals surface area contributed by atoms with Gasteiger partial charge in [0, 0.05) is 18.0 Å². The molecule has 0 radical (unpaired) electrons. The maximum atomic E-state index is 12.9. The topological polar surface area (TPSA) is 112 Å². The van der Waals surface area contributed by atoms with Gasteiger partial charge in [0.05, 0.1) is 23.4 Å². The van der Waals surface area contributed by atoms with Crippen molar-refractivity contribution in [3.8, 4) is 11.4 Å². The summed E-state index contributed by atoms with van der Waals surface area (Å²) in [6, 6.07) is 5.12. The number of fused-ring (bicyclic) bond motifs is 1. The van der Waals surface area contributed by atoms with Crippen LogP contribution in [-0.4, -0.2) is 34.1 Å². The zero-order valence-corrected chi connectivity index (χ0v) is 16.1. The molecular weight excluding hydrogens is 392 g/mol. The predicted octanol–water partition coefficient (Wildman–Crippen LogP) is 3.23. The zero-order valence-electron chi connectivity index (χ0n) is 16.1. The first-order valence-corrected chi connectivity index (χ1v) is 9.53. The lowest BCUT2D eigenvalue weighted by atomic mass is 10.1. The third-order valence-electron chi connectivity index (χ3n) is 5.15. The molecule has 11 heteroatoms. The average Bonchev–Trinajstić information content (AvgIpc) is 3.32. The number of hydrogen-bond acceptors (Lipinski definition) is 7. The number of nitrogens with one attached hydrogen (secondary N) is 1. The van der Waals surface area contributed by atoms with Crippen molar-refractivity contribution in [3.63, 3.8) is 0 Å². The fourth-order valence-corrected chi connectivity index (χ4v) is 3.47. The average molecular weight is 411 g/mol. The van der Waals surface area contributed by atoms with Crippen molar-refractivity contribution in [3.05, 3.63) is 48.3 Å². The van der Waals surface area contributed by atoms with Gasteiger partial charge in [0.2, 0.25) is 11.9 Å². The second kappa shape index (κ2) is 7.01. The molecule has 30 heavy (non-hydrogen) atoms. The SMILES string of the molecule is Cc1ncc2ccc(-c3nc(N)nc(N[C@@H](c4ccn(C(F)F)n4)C4CC4)n3)cn12. The summed E-state index contributed by atoms with van der Waals surface area (Å²) in [7, 11) is 0. The second-order valence-corrected chi connectivity index (χ2v) is 7.32. The van der Waals surface area contributed by atoms with Gasteiger partial charge in [-0.2, -0.15) is 28.8 Å². The third kappa shape index (κ3) is 3.42. The van der Waals surface area contributed by atoms with Gasteiger partial charge in [-0.05, 0) is 43.9 Å². The maximum absolute atomic E-state index is 12.9. The minimum atomic E-state index is -2.68. The van der Waals surface area contributed by atoms with Gasteiger partial charge in [0.1, 0.15) is 5.82 Å². The zero-order chi connectivity index (χ0) is 20.8.